The molecular formula is C30H33Cl2N3O6S. The number of nitrogens with one attached hydrogen (secondary N) is 1. The number of halogens is 2. The first kappa shape index (κ1) is 31.5. The van der Waals surface area contributed by atoms with E-state index in [2.05, 4.69) is 5.32 Å². The molecule has 2 atom stereocenters. The number of fused-ring (bicyclic) bond motifs is 1. The zero-order valence-corrected chi connectivity index (χ0v) is 25.9. The van der Waals surface area contributed by atoms with Crippen LogP contribution in [0.25, 0.3) is 0 Å². The number of hydrogen-bond donors (Lipinski definition) is 1. The van der Waals surface area contributed by atoms with Gasteiger partial charge < -0.3 is 19.7 Å². The van der Waals surface area contributed by atoms with Crippen molar-refractivity contribution in [3.63, 3.8) is 0 Å². The number of hydrogen-bond acceptors (Lipinski definition) is 6. The molecule has 0 fully saturated rings. The smallest absolute Gasteiger partial charge is 0.264 e. The lowest BCUT2D eigenvalue weighted by Crippen LogP contribution is -2.52. The van der Waals surface area contributed by atoms with Crippen LogP contribution >= 0.6 is 23.2 Å². The Bertz CT molecular complexity index is 1540. The van der Waals surface area contributed by atoms with Gasteiger partial charge in [0.25, 0.3) is 10.0 Å². The zero-order valence-electron chi connectivity index (χ0n) is 23.5. The second-order valence-electron chi connectivity index (χ2n) is 9.92. The monoisotopic (exact) mass is 633 g/mol. The molecule has 4 rings (SSSR count). The molecule has 2 amide bonds. The minimum Gasteiger partial charge on any atom is -0.486 e. The predicted molar refractivity (Wildman–Crippen MR) is 163 cm³/mol. The molecule has 0 saturated heterocycles. The van der Waals surface area contributed by atoms with Crippen LogP contribution in [-0.2, 0) is 26.2 Å². The van der Waals surface area contributed by atoms with Gasteiger partial charge in [-0.2, -0.15) is 0 Å². The first-order chi connectivity index (χ1) is 20.0. The summed E-state index contributed by atoms with van der Waals surface area (Å²) in [4.78, 5) is 28.6. The van der Waals surface area contributed by atoms with Crippen molar-refractivity contribution in [3.05, 3.63) is 82.3 Å². The van der Waals surface area contributed by atoms with E-state index in [1.54, 1.807) is 55.5 Å². The molecule has 0 radical (unpaired) electrons. The highest BCUT2D eigenvalue weighted by atomic mass is 35.5. The first-order valence-corrected chi connectivity index (χ1v) is 15.7. The Labute approximate surface area is 256 Å². The molecule has 1 N–H and O–H groups in total. The SMILES string of the molecule is CC[C@@H](C)NC(=O)[C@H](C)N(Cc1ccc(Cl)c(Cl)c1)C(=O)CN(c1ccc2c(c1)OCCO2)S(=O)(=O)c1ccccc1. The number of nitrogens with zero attached hydrogens (tertiary/aromatic N) is 2. The Hall–Kier alpha value is -3.47. The van der Waals surface area contributed by atoms with Crippen LogP contribution in [0.15, 0.2) is 71.6 Å². The van der Waals surface area contributed by atoms with E-state index in [9.17, 15) is 18.0 Å². The Kier molecular flexibility index (Phi) is 10.2. The van der Waals surface area contributed by atoms with Gasteiger partial charge in [0.2, 0.25) is 11.8 Å². The molecular weight excluding hydrogens is 601 g/mol. The second-order valence-corrected chi connectivity index (χ2v) is 12.6. The number of sulfonamides is 1. The normalized spacial score (nSPS) is 14.0. The number of amides is 2. The molecule has 1 aliphatic heterocycles. The van der Waals surface area contributed by atoms with Crippen LogP contribution in [0, 0.1) is 0 Å². The minimum atomic E-state index is -4.21. The number of carbonyl (C=O) groups excluding carboxylic acids is 2. The summed E-state index contributed by atoms with van der Waals surface area (Å²) in [5, 5.41) is 3.55. The van der Waals surface area contributed by atoms with E-state index in [1.165, 1.54) is 23.1 Å². The molecule has 0 saturated carbocycles. The Morgan fingerprint density at radius 2 is 1.62 bits per heavy atom. The van der Waals surface area contributed by atoms with Gasteiger partial charge in [-0.15, -0.1) is 0 Å². The van der Waals surface area contributed by atoms with E-state index in [-0.39, 0.29) is 29.1 Å². The summed E-state index contributed by atoms with van der Waals surface area (Å²) >= 11 is 12.3. The van der Waals surface area contributed by atoms with Crippen molar-refractivity contribution in [2.75, 3.05) is 24.1 Å². The molecule has 0 unspecified atom stereocenters. The molecule has 3 aromatic carbocycles. The maximum absolute atomic E-state index is 14.1. The van der Waals surface area contributed by atoms with E-state index < -0.39 is 28.5 Å². The molecule has 1 heterocycles. The summed E-state index contributed by atoms with van der Waals surface area (Å²) in [6.07, 6.45) is 0.701. The first-order valence-electron chi connectivity index (χ1n) is 13.5. The van der Waals surface area contributed by atoms with Gasteiger partial charge in [-0.3, -0.25) is 13.9 Å². The average Bonchev–Trinajstić information content (AvgIpc) is 2.99. The second kappa shape index (κ2) is 13.7. The van der Waals surface area contributed by atoms with Gasteiger partial charge in [-0.25, -0.2) is 8.42 Å². The van der Waals surface area contributed by atoms with Crippen LogP contribution in [0.1, 0.15) is 32.8 Å². The predicted octanol–water partition coefficient (Wildman–Crippen LogP) is 5.29. The highest BCUT2D eigenvalue weighted by Crippen LogP contribution is 2.36. The van der Waals surface area contributed by atoms with Crippen molar-refractivity contribution in [1.29, 1.82) is 0 Å². The maximum atomic E-state index is 14.1. The van der Waals surface area contributed by atoms with Crippen molar-refractivity contribution >= 4 is 50.7 Å². The number of anilines is 1. The standard InChI is InChI=1S/C30H33Cl2N3O6S/c1-4-20(2)33-30(37)21(3)34(18-22-10-12-25(31)26(32)16-22)29(36)19-35(42(38,39)24-8-6-5-7-9-24)23-11-13-27-28(17-23)41-15-14-40-27/h5-13,16-17,20-21H,4,14-15,18-19H2,1-3H3,(H,33,37)/t20-,21+/m1/s1. The van der Waals surface area contributed by atoms with Crippen molar-refractivity contribution in [2.45, 2.75) is 50.7 Å². The van der Waals surface area contributed by atoms with Crippen molar-refractivity contribution < 1.29 is 27.5 Å². The third-order valence-electron chi connectivity index (χ3n) is 6.93. The molecule has 42 heavy (non-hydrogen) atoms. The summed E-state index contributed by atoms with van der Waals surface area (Å²) in [6.45, 7) is 5.50. The quantitative estimate of drug-likeness (QED) is 0.308. The van der Waals surface area contributed by atoms with E-state index >= 15 is 0 Å². The van der Waals surface area contributed by atoms with E-state index in [1.807, 2.05) is 13.8 Å². The van der Waals surface area contributed by atoms with Gasteiger partial charge in [-0.1, -0.05) is 54.4 Å². The van der Waals surface area contributed by atoms with Crippen molar-refractivity contribution in [3.8, 4) is 11.5 Å². The van der Waals surface area contributed by atoms with Gasteiger partial charge in [0, 0.05) is 18.7 Å². The van der Waals surface area contributed by atoms with Crippen LogP contribution in [0.5, 0.6) is 11.5 Å². The van der Waals surface area contributed by atoms with Crippen LogP contribution in [0.4, 0.5) is 5.69 Å². The summed E-state index contributed by atoms with van der Waals surface area (Å²) in [5.74, 6) is -0.116. The lowest BCUT2D eigenvalue weighted by Gasteiger charge is -2.32. The fraction of sp³-hybridized carbons (Fsp3) is 0.333. The summed E-state index contributed by atoms with van der Waals surface area (Å²) < 4.78 is 40.2. The van der Waals surface area contributed by atoms with Crippen LogP contribution < -0.4 is 19.1 Å². The van der Waals surface area contributed by atoms with E-state index in [0.717, 1.165) is 4.31 Å². The zero-order chi connectivity index (χ0) is 30.4. The fourth-order valence-electron chi connectivity index (χ4n) is 4.32. The highest BCUT2D eigenvalue weighted by Gasteiger charge is 2.33. The Morgan fingerprint density at radius 1 is 0.929 bits per heavy atom. The molecule has 9 nitrogen and oxygen atoms in total. The van der Waals surface area contributed by atoms with Gasteiger partial charge >= 0.3 is 0 Å². The summed E-state index contributed by atoms with van der Waals surface area (Å²) in [6, 6.07) is 16.4. The molecule has 224 valence electrons. The van der Waals surface area contributed by atoms with Crippen molar-refractivity contribution in [1.82, 2.24) is 10.2 Å². The number of benzene rings is 3. The molecule has 0 aliphatic carbocycles. The number of carbonyl (C=O) groups is 2. The van der Waals surface area contributed by atoms with Gasteiger partial charge in [-0.05, 0) is 62.2 Å². The van der Waals surface area contributed by atoms with Crippen LogP contribution in [-0.4, -0.2) is 57.0 Å². The third kappa shape index (κ3) is 7.29. The molecule has 12 heteroatoms. The lowest BCUT2D eigenvalue weighted by atomic mass is 10.1. The van der Waals surface area contributed by atoms with Crippen LogP contribution in [0.3, 0.4) is 0 Å². The third-order valence-corrected chi connectivity index (χ3v) is 9.46. The molecule has 0 bridgehead atoms. The molecule has 0 aromatic heterocycles. The number of rotatable bonds is 11. The van der Waals surface area contributed by atoms with Crippen molar-refractivity contribution in [2.24, 2.45) is 0 Å². The topological polar surface area (TPSA) is 105 Å². The summed E-state index contributed by atoms with van der Waals surface area (Å²) in [5.41, 5.74) is 0.834. The van der Waals surface area contributed by atoms with E-state index in [4.69, 9.17) is 32.7 Å². The molecule has 3 aromatic rings. The fourth-order valence-corrected chi connectivity index (χ4v) is 6.07. The van der Waals surface area contributed by atoms with Crippen LogP contribution in [0.2, 0.25) is 10.0 Å². The average molecular weight is 635 g/mol. The molecule has 1 aliphatic rings. The Morgan fingerprint density at radius 3 is 2.29 bits per heavy atom. The molecule has 0 spiro atoms. The minimum absolute atomic E-state index is 0.00582. The number of ether oxygens (including phenoxy) is 2. The van der Waals surface area contributed by atoms with Gasteiger partial charge in [0.05, 0.1) is 20.6 Å². The Balaban J connectivity index is 1.73. The van der Waals surface area contributed by atoms with E-state index in [0.29, 0.717) is 46.7 Å². The lowest BCUT2D eigenvalue weighted by molar-refractivity contribution is -0.139. The largest absolute Gasteiger partial charge is 0.486 e. The summed E-state index contributed by atoms with van der Waals surface area (Å²) in [7, 11) is -4.21. The van der Waals surface area contributed by atoms with Gasteiger partial charge in [0.15, 0.2) is 11.5 Å². The maximum Gasteiger partial charge on any atom is 0.264 e. The van der Waals surface area contributed by atoms with Gasteiger partial charge in [0.1, 0.15) is 25.8 Å². The highest BCUT2D eigenvalue weighted by molar-refractivity contribution is 7.92.